The molecule has 1 rings (SSSR count). The Morgan fingerprint density at radius 1 is 1.30 bits per heavy atom. The van der Waals surface area contributed by atoms with Gasteiger partial charge in [0.25, 0.3) is 0 Å². The molecular weight excluding hydrogens is 302 g/mol. The van der Waals surface area contributed by atoms with Gasteiger partial charge < -0.3 is 14.6 Å². The number of hydrogen-bond acceptors (Lipinski definition) is 5. The Hall–Kier alpha value is -2.05. The number of hydrogen-bond donors (Lipinski definition) is 1. The molecule has 7 nitrogen and oxygen atoms in total. The second-order valence-electron chi connectivity index (χ2n) is 6.81. The lowest BCUT2D eigenvalue weighted by atomic mass is 9.84. The van der Waals surface area contributed by atoms with Crippen molar-refractivity contribution < 1.29 is 29.0 Å². The number of esters is 1. The van der Waals surface area contributed by atoms with Crippen molar-refractivity contribution >= 4 is 18.0 Å². The van der Waals surface area contributed by atoms with Crippen LogP contribution in [0.15, 0.2) is 12.2 Å². The molecule has 0 spiro atoms. The number of rotatable bonds is 4. The first-order valence-corrected chi connectivity index (χ1v) is 7.42. The summed E-state index contributed by atoms with van der Waals surface area (Å²) in [6.07, 6.45) is -0.824. The Bertz CT molecular complexity index is 507. The topological polar surface area (TPSA) is 93.1 Å². The molecule has 1 saturated heterocycles. The maximum Gasteiger partial charge on any atom is 0.410 e. The number of carboxylic acid groups (broad SMARTS) is 1. The molecule has 130 valence electrons. The van der Waals surface area contributed by atoms with E-state index < -0.39 is 35.6 Å². The van der Waals surface area contributed by atoms with E-state index in [9.17, 15) is 19.5 Å². The molecule has 1 amide bonds. The van der Waals surface area contributed by atoms with Crippen LogP contribution >= 0.6 is 0 Å². The number of nitrogens with zero attached hydrogens (tertiary/aromatic N) is 1. The van der Waals surface area contributed by atoms with Crippen LogP contribution in [0.2, 0.25) is 0 Å². The molecule has 1 N–H and O–H groups in total. The highest BCUT2D eigenvalue weighted by atomic mass is 16.6. The van der Waals surface area contributed by atoms with E-state index in [2.05, 4.69) is 11.3 Å². The Labute approximate surface area is 136 Å². The number of carbonyl (C=O) groups is 3. The molecule has 0 aromatic heterocycles. The van der Waals surface area contributed by atoms with Gasteiger partial charge >= 0.3 is 18.0 Å². The zero-order valence-corrected chi connectivity index (χ0v) is 14.3. The van der Waals surface area contributed by atoms with E-state index in [1.807, 2.05) is 0 Å². The molecule has 0 bridgehead atoms. The number of ether oxygens (including phenoxy) is 2. The molecule has 7 heteroatoms. The molecule has 23 heavy (non-hydrogen) atoms. The molecular formula is C16H25NO6. The van der Waals surface area contributed by atoms with Crippen LogP contribution < -0.4 is 0 Å². The fourth-order valence-corrected chi connectivity index (χ4v) is 2.88. The van der Waals surface area contributed by atoms with Gasteiger partial charge in [-0.05, 0) is 27.7 Å². The predicted octanol–water partition coefficient (Wildman–Crippen LogP) is 2.06. The second-order valence-corrected chi connectivity index (χ2v) is 6.81. The maximum atomic E-state index is 12.1. The summed E-state index contributed by atoms with van der Waals surface area (Å²) in [6.45, 7) is 11.0. The molecule has 0 saturated carbocycles. The summed E-state index contributed by atoms with van der Waals surface area (Å²) < 4.78 is 9.94. The van der Waals surface area contributed by atoms with Crippen molar-refractivity contribution in [3.8, 4) is 0 Å². The van der Waals surface area contributed by atoms with Crippen LogP contribution in [0, 0.1) is 11.8 Å². The molecule has 0 aliphatic carbocycles. The third-order valence-electron chi connectivity index (χ3n) is 3.77. The standard InChI is InChI=1S/C16H25NO6/c1-9(2)11-8-17(15(21)22-6)13(14(19)20)10(11)7-12(18)23-16(3,4)5/h10-11,13H,1,7-8H2,2-6H3,(H,19,20)/t10-,11+,13?/m0/s1. The lowest BCUT2D eigenvalue weighted by Crippen LogP contribution is -2.44. The van der Waals surface area contributed by atoms with Crippen LogP contribution in [0.3, 0.4) is 0 Å². The van der Waals surface area contributed by atoms with Crippen LogP contribution in [-0.2, 0) is 19.1 Å². The number of carbonyl (C=O) groups excluding carboxylic acids is 2. The fourth-order valence-electron chi connectivity index (χ4n) is 2.88. The average molecular weight is 327 g/mol. The summed E-state index contributed by atoms with van der Waals surface area (Å²) in [7, 11) is 1.19. The SMILES string of the molecule is C=C(C)[C@H]1CN(C(=O)OC)C(C(=O)O)[C@H]1CC(=O)OC(C)(C)C. The first kappa shape index (κ1) is 19.0. The zero-order valence-electron chi connectivity index (χ0n) is 14.3. The average Bonchev–Trinajstić information content (AvgIpc) is 2.74. The van der Waals surface area contributed by atoms with Crippen molar-refractivity contribution in [2.75, 3.05) is 13.7 Å². The van der Waals surface area contributed by atoms with Crippen molar-refractivity contribution in [2.45, 2.75) is 45.8 Å². The summed E-state index contributed by atoms with van der Waals surface area (Å²) in [5, 5.41) is 9.51. The first-order valence-electron chi connectivity index (χ1n) is 7.42. The second kappa shape index (κ2) is 7.02. The number of amides is 1. The van der Waals surface area contributed by atoms with E-state index in [1.54, 1.807) is 27.7 Å². The summed E-state index contributed by atoms with van der Waals surface area (Å²) in [5.41, 5.74) is 0.0611. The van der Waals surface area contributed by atoms with Crippen LogP contribution in [0.25, 0.3) is 0 Å². The Kier molecular flexibility index (Phi) is 5.80. The molecule has 3 atom stereocenters. The molecule has 1 heterocycles. The fraction of sp³-hybridized carbons (Fsp3) is 0.688. The number of aliphatic carboxylic acids is 1. The smallest absolute Gasteiger partial charge is 0.410 e. The number of methoxy groups -OCH3 is 1. The van der Waals surface area contributed by atoms with E-state index in [4.69, 9.17) is 4.74 Å². The van der Waals surface area contributed by atoms with Crippen molar-refractivity contribution in [3.05, 3.63) is 12.2 Å². The highest BCUT2D eigenvalue weighted by Crippen LogP contribution is 2.37. The van der Waals surface area contributed by atoms with Gasteiger partial charge in [0.2, 0.25) is 0 Å². The number of carboxylic acids is 1. The van der Waals surface area contributed by atoms with Gasteiger partial charge in [0.15, 0.2) is 0 Å². The van der Waals surface area contributed by atoms with Crippen LogP contribution in [0.5, 0.6) is 0 Å². The Balaban J connectivity index is 3.06. The van der Waals surface area contributed by atoms with Crippen LogP contribution in [-0.4, -0.2) is 53.3 Å². The predicted molar refractivity (Wildman–Crippen MR) is 82.8 cm³/mol. The minimum absolute atomic E-state index is 0.0980. The largest absolute Gasteiger partial charge is 0.480 e. The van der Waals surface area contributed by atoms with Crippen molar-refractivity contribution in [3.63, 3.8) is 0 Å². The van der Waals surface area contributed by atoms with Crippen molar-refractivity contribution in [1.82, 2.24) is 4.90 Å². The van der Waals surface area contributed by atoms with Crippen LogP contribution in [0.4, 0.5) is 4.79 Å². The summed E-state index contributed by atoms with van der Waals surface area (Å²) in [6, 6.07) is -1.14. The van der Waals surface area contributed by atoms with E-state index in [0.717, 1.165) is 10.5 Å². The van der Waals surface area contributed by atoms with Gasteiger partial charge in [-0.2, -0.15) is 0 Å². The van der Waals surface area contributed by atoms with Gasteiger partial charge in [-0.15, -0.1) is 0 Å². The lowest BCUT2D eigenvalue weighted by Gasteiger charge is -2.25. The third kappa shape index (κ3) is 4.71. The maximum absolute atomic E-state index is 12.1. The normalized spacial score (nSPS) is 24.2. The Morgan fingerprint density at radius 3 is 2.26 bits per heavy atom. The highest BCUT2D eigenvalue weighted by Gasteiger charge is 2.49. The quantitative estimate of drug-likeness (QED) is 0.627. The van der Waals surface area contributed by atoms with Gasteiger partial charge in [0.05, 0.1) is 13.5 Å². The minimum Gasteiger partial charge on any atom is -0.480 e. The van der Waals surface area contributed by atoms with Gasteiger partial charge in [-0.1, -0.05) is 12.2 Å². The molecule has 1 unspecified atom stereocenters. The summed E-state index contributed by atoms with van der Waals surface area (Å²) >= 11 is 0. The highest BCUT2D eigenvalue weighted by molar-refractivity contribution is 5.82. The van der Waals surface area contributed by atoms with Gasteiger partial charge in [-0.3, -0.25) is 9.69 Å². The van der Waals surface area contributed by atoms with E-state index in [1.165, 1.54) is 7.11 Å². The summed E-state index contributed by atoms with van der Waals surface area (Å²) in [4.78, 5) is 36.8. The summed E-state index contributed by atoms with van der Waals surface area (Å²) in [5.74, 6) is -2.57. The first-order chi connectivity index (χ1) is 10.5. The van der Waals surface area contributed by atoms with Crippen molar-refractivity contribution in [1.29, 1.82) is 0 Å². The molecule has 1 fully saturated rings. The van der Waals surface area contributed by atoms with Gasteiger partial charge in [-0.25, -0.2) is 9.59 Å². The molecule has 0 aromatic carbocycles. The Morgan fingerprint density at radius 2 is 1.87 bits per heavy atom. The number of likely N-dealkylation sites (tertiary alicyclic amines) is 1. The monoisotopic (exact) mass is 327 g/mol. The zero-order chi connectivity index (χ0) is 17.9. The third-order valence-corrected chi connectivity index (χ3v) is 3.77. The van der Waals surface area contributed by atoms with Crippen LogP contribution in [0.1, 0.15) is 34.1 Å². The van der Waals surface area contributed by atoms with E-state index in [0.29, 0.717) is 0 Å². The van der Waals surface area contributed by atoms with E-state index in [-0.39, 0.29) is 18.9 Å². The minimum atomic E-state index is -1.17. The lowest BCUT2D eigenvalue weighted by molar-refractivity contribution is -0.157. The van der Waals surface area contributed by atoms with Gasteiger partial charge in [0, 0.05) is 18.4 Å². The van der Waals surface area contributed by atoms with Crippen molar-refractivity contribution in [2.24, 2.45) is 11.8 Å². The molecule has 1 aliphatic rings. The molecule has 0 radical (unpaired) electrons. The van der Waals surface area contributed by atoms with Gasteiger partial charge in [0.1, 0.15) is 11.6 Å². The van der Waals surface area contributed by atoms with E-state index >= 15 is 0 Å². The molecule has 1 aliphatic heterocycles. The molecule has 0 aromatic rings.